The molecule has 2 aromatic rings. The van der Waals surface area contributed by atoms with Gasteiger partial charge in [0.2, 0.25) is 0 Å². The molecule has 0 aromatic heterocycles. The van der Waals surface area contributed by atoms with Crippen molar-refractivity contribution in [1.82, 2.24) is 0 Å². The molecule has 0 aliphatic rings. The highest BCUT2D eigenvalue weighted by molar-refractivity contribution is 6.17. The van der Waals surface area contributed by atoms with Crippen LogP contribution < -0.4 is 0 Å². The summed E-state index contributed by atoms with van der Waals surface area (Å²) in [5.74, 6) is 1.98. The molecule has 2 nitrogen and oxygen atoms in total. The van der Waals surface area contributed by atoms with E-state index in [2.05, 4.69) is 102 Å². The van der Waals surface area contributed by atoms with Crippen LogP contribution >= 0.6 is 0 Å². The zero-order valence-electron chi connectivity index (χ0n) is 18.8. The Bertz CT molecular complexity index is 716. The molecule has 0 heterocycles. The number of nitrogens with zero attached hydrogens (tertiary/aromatic N) is 2. The topological polar surface area (TPSA) is 24.7 Å². The van der Waals surface area contributed by atoms with E-state index in [-0.39, 0.29) is 0 Å². The summed E-state index contributed by atoms with van der Waals surface area (Å²) in [6.45, 7) is 17.8. The number of hydrogen-bond acceptors (Lipinski definition) is 2. The zero-order valence-corrected chi connectivity index (χ0v) is 18.8. The molecule has 0 spiro atoms. The molecule has 0 aliphatic heterocycles. The van der Waals surface area contributed by atoms with E-state index in [1.807, 2.05) is 0 Å². The van der Waals surface area contributed by atoms with Gasteiger partial charge in [0.15, 0.2) is 0 Å². The Morgan fingerprint density at radius 3 is 0.929 bits per heavy atom. The second-order valence-corrected chi connectivity index (χ2v) is 8.89. The lowest BCUT2D eigenvalue weighted by Crippen LogP contribution is -1.93. The van der Waals surface area contributed by atoms with Gasteiger partial charge in [0.05, 0.1) is 11.4 Å². The molecule has 0 saturated heterocycles. The first-order valence-corrected chi connectivity index (χ1v) is 10.5. The van der Waals surface area contributed by atoms with E-state index < -0.39 is 0 Å². The lowest BCUT2D eigenvalue weighted by Gasteiger charge is -2.12. The molecule has 0 atom stereocenters. The molecule has 28 heavy (non-hydrogen) atoms. The lowest BCUT2D eigenvalue weighted by molar-refractivity contribution is 0.834. The van der Waals surface area contributed by atoms with Gasteiger partial charge in [0.25, 0.3) is 0 Å². The predicted octanol–water partition coefficient (Wildman–Crippen LogP) is 8.29. The van der Waals surface area contributed by atoms with Crippen molar-refractivity contribution in [2.75, 3.05) is 0 Å². The summed E-state index contributed by atoms with van der Waals surface area (Å²) in [5.41, 5.74) is 7.34. The van der Waals surface area contributed by atoms with E-state index in [0.29, 0.717) is 23.7 Å². The summed E-state index contributed by atoms with van der Waals surface area (Å²) in [6, 6.07) is 13.3. The first-order valence-electron chi connectivity index (χ1n) is 10.5. The minimum absolute atomic E-state index is 0.495. The molecule has 0 unspecified atom stereocenters. The smallest absolute Gasteiger partial charge is 0.0635 e. The highest BCUT2D eigenvalue weighted by atomic mass is 14.8. The number of rotatable bonds is 7. The van der Waals surface area contributed by atoms with Crippen LogP contribution in [0.3, 0.4) is 0 Å². The van der Waals surface area contributed by atoms with Gasteiger partial charge in [-0.05, 0) is 70.2 Å². The van der Waals surface area contributed by atoms with Crippen LogP contribution in [0, 0.1) is 0 Å². The van der Waals surface area contributed by atoms with Gasteiger partial charge < -0.3 is 0 Å². The largest absolute Gasteiger partial charge is 0.255 e. The molecule has 0 amide bonds. The normalized spacial score (nSPS) is 12.6. The van der Waals surface area contributed by atoms with Gasteiger partial charge in [-0.25, -0.2) is 0 Å². The Hall–Kier alpha value is -2.22. The number of hydrogen-bond donors (Lipinski definition) is 0. The van der Waals surface area contributed by atoms with Crippen molar-refractivity contribution in [3.8, 4) is 0 Å². The quantitative estimate of drug-likeness (QED) is 0.434. The molecule has 2 aromatic carbocycles. The Balaban J connectivity index is 2.26. The van der Waals surface area contributed by atoms with E-state index in [1.54, 1.807) is 12.4 Å². The van der Waals surface area contributed by atoms with Gasteiger partial charge in [-0.1, -0.05) is 67.5 Å². The molecule has 2 rings (SSSR count). The summed E-state index contributed by atoms with van der Waals surface area (Å²) >= 11 is 0. The highest BCUT2D eigenvalue weighted by Gasteiger charge is 2.07. The molecule has 0 radical (unpaired) electrons. The second kappa shape index (κ2) is 9.82. The Morgan fingerprint density at radius 2 is 0.714 bits per heavy atom. The monoisotopic (exact) mass is 376 g/mol. The predicted molar refractivity (Wildman–Crippen MR) is 126 cm³/mol. The minimum atomic E-state index is 0.495. The van der Waals surface area contributed by atoms with Crippen LogP contribution in [-0.2, 0) is 0 Å². The molecule has 150 valence electrons. The Morgan fingerprint density at radius 1 is 0.464 bits per heavy atom. The van der Waals surface area contributed by atoms with Crippen molar-refractivity contribution < 1.29 is 0 Å². The third-order valence-corrected chi connectivity index (χ3v) is 5.11. The van der Waals surface area contributed by atoms with E-state index >= 15 is 0 Å². The molecular formula is C26H36N2. The minimum Gasteiger partial charge on any atom is -0.255 e. The van der Waals surface area contributed by atoms with Crippen LogP contribution in [0.2, 0.25) is 0 Å². The average molecular weight is 377 g/mol. The zero-order chi connectivity index (χ0) is 20.8. The fraction of sp³-hybridized carbons (Fsp3) is 0.462. The summed E-state index contributed by atoms with van der Waals surface area (Å²) in [7, 11) is 0. The second-order valence-electron chi connectivity index (χ2n) is 8.89. The van der Waals surface area contributed by atoms with Crippen molar-refractivity contribution in [1.29, 1.82) is 0 Å². The van der Waals surface area contributed by atoms with E-state index in [9.17, 15) is 0 Å². The summed E-state index contributed by atoms with van der Waals surface area (Å²) < 4.78 is 0. The van der Waals surface area contributed by atoms with Gasteiger partial charge in [-0.15, -0.1) is 0 Å². The Kier molecular flexibility index (Phi) is 7.74. The van der Waals surface area contributed by atoms with Gasteiger partial charge in [-0.2, -0.15) is 0 Å². The highest BCUT2D eigenvalue weighted by Crippen LogP contribution is 2.28. The van der Waals surface area contributed by atoms with Gasteiger partial charge in [-0.3, -0.25) is 9.98 Å². The fourth-order valence-corrected chi connectivity index (χ4v) is 3.04. The van der Waals surface area contributed by atoms with Crippen molar-refractivity contribution in [3.05, 3.63) is 58.7 Å². The maximum atomic E-state index is 4.65. The molecule has 2 heteroatoms. The molecule has 0 fully saturated rings. The molecule has 0 saturated carbocycles. The number of aliphatic imine (C=N–C) groups is 2. The standard InChI is InChI=1S/C26H36N2/c1-17(2)21-11-22(18(3)4)14-25(13-21)27-9-10-28-26-15-23(19(5)6)12-24(16-26)20(7)8/h9-20H,1-8H3. The van der Waals surface area contributed by atoms with Gasteiger partial charge in [0.1, 0.15) is 0 Å². The van der Waals surface area contributed by atoms with Gasteiger partial charge >= 0.3 is 0 Å². The first kappa shape index (κ1) is 22.1. The summed E-state index contributed by atoms with van der Waals surface area (Å²) in [5, 5.41) is 0. The van der Waals surface area contributed by atoms with E-state index in [1.165, 1.54) is 22.3 Å². The molecule has 0 aliphatic carbocycles. The van der Waals surface area contributed by atoms with Crippen molar-refractivity contribution >= 4 is 23.8 Å². The van der Waals surface area contributed by atoms with Crippen LogP contribution in [0.25, 0.3) is 0 Å². The van der Waals surface area contributed by atoms with Crippen LogP contribution in [0.15, 0.2) is 46.4 Å². The maximum absolute atomic E-state index is 4.65. The summed E-state index contributed by atoms with van der Waals surface area (Å²) in [4.78, 5) is 9.30. The first-order chi connectivity index (χ1) is 13.2. The SMILES string of the molecule is CC(C)c1cc(N=CC=Nc2cc(C(C)C)cc(C(C)C)c2)cc(C(C)C)c1. The average Bonchev–Trinajstić information content (AvgIpc) is 2.64. The van der Waals surface area contributed by atoms with Crippen molar-refractivity contribution in [2.45, 2.75) is 79.1 Å². The third-order valence-electron chi connectivity index (χ3n) is 5.11. The summed E-state index contributed by atoms with van der Waals surface area (Å²) in [6.07, 6.45) is 3.61. The van der Waals surface area contributed by atoms with Crippen LogP contribution in [0.4, 0.5) is 11.4 Å². The van der Waals surface area contributed by atoms with Crippen molar-refractivity contribution in [2.24, 2.45) is 9.98 Å². The lowest BCUT2D eigenvalue weighted by atomic mass is 9.95. The Labute approximate surface area is 171 Å². The van der Waals surface area contributed by atoms with Crippen LogP contribution in [0.1, 0.15) is 101 Å². The van der Waals surface area contributed by atoms with Gasteiger partial charge in [0, 0.05) is 12.4 Å². The molecule has 0 N–H and O–H groups in total. The van der Waals surface area contributed by atoms with E-state index in [4.69, 9.17) is 0 Å². The fourth-order valence-electron chi connectivity index (χ4n) is 3.04. The maximum Gasteiger partial charge on any atom is 0.0635 e. The molecular weight excluding hydrogens is 340 g/mol. The van der Waals surface area contributed by atoms with Crippen LogP contribution in [0.5, 0.6) is 0 Å². The molecule has 0 bridgehead atoms. The van der Waals surface area contributed by atoms with E-state index in [0.717, 1.165) is 11.4 Å². The van der Waals surface area contributed by atoms with Crippen molar-refractivity contribution in [3.63, 3.8) is 0 Å². The number of benzene rings is 2. The van der Waals surface area contributed by atoms with Crippen LogP contribution in [-0.4, -0.2) is 12.4 Å². The third kappa shape index (κ3) is 6.15.